The summed E-state index contributed by atoms with van der Waals surface area (Å²) >= 11 is 0. The summed E-state index contributed by atoms with van der Waals surface area (Å²) in [5, 5.41) is 0. The lowest BCUT2D eigenvalue weighted by molar-refractivity contribution is -0.167. The van der Waals surface area contributed by atoms with E-state index in [1.54, 1.807) is 0 Å². The summed E-state index contributed by atoms with van der Waals surface area (Å²) in [5.74, 6) is -0.883. The zero-order valence-electron chi connectivity index (χ0n) is 53.8. The van der Waals surface area contributed by atoms with Crippen molar-refractivity contribution in [3.8, 4) is 0 Å². The van der Waals surface area contributed by atoms with Crippen molar-refractivity contribution in [2.24, 2.45) is 0 Å². The average Bonchev–Trinajstić information content (AvgIpc) is 3.47. The number of hydrogen-bond acceptors (Lipinski definition) is 6. The lowest BCUT2D eigenvalue weighted by Gasteiger charge is -2.18. The molecule has 0 aromatic rings. The topological polar surface area (TPSA) is 78.9 Å². The molecule has 0 aromatic carbocycles. The van der Waals surface area contributed by atoms with Gasteiger partial charge in [-0.3, -0.25) is 14.4 Å². The van der Waals surface area contributed by atoms with Gasteiger partial charge in [-0.15, -0.1) is 0 Å². The zero-order valence-corrected chi connectivity index (χ0v) is 53.8. The number of carbonyl (C=O) groups excluding carboxylic acids is 3. The van der Waals surface area contributed by atoms with Crippen molar-refractivity contribution in [2.75, 3.05) is 13.2 Å². The van der Waals surface area contributed by atoms with Crippen LogP contribution < -0.4 is 0 Å². The number of esters is 3. The minimum Gasteiger partial charge on any atom is -0.462 e. The second-order valence-corrected chi connectivity index (χ2v) is 23.4. The van der Waals surface area contributed by atoms with Crippen molar-refractivity contribution in [3.05, 3.63) is 85.1 Å². The summed E-state index contributed by atoms with van der Waals surface area (Å²) in [4.78, 5) is 38.5. The molecular weight excluding hydrogens is 997 g/mol. The third kappa shape index (κ3) is 67.3. The fourth-order valence-corrected chi connectivity index (χ4v) is 10.2. The van der Waals surface area contributed by atoms with E-state index in [0.29, 0.717) is 19.3 Å². The molecule has 0 saturated carbocycles. The van der Waals surface area contributed by atoms with Crippen LogP contribution in [0.5, 0.6) is 0 Å². The third-order valence-electron chi connectivity index (χ3n) is 15.4. The molecule has 0 saturated heterocycles. The fourth-order valence-electron chi connectivity index (χ4n) is 10.2. The van der Waals surface area contributed by atoms with Crippen LogP contribution in [0, 0.1) is 0 Å². The molecule has 1 atom stereocenters. The van der Waals surface area contributed by atoms with E-state index in [2.05, 4.69) is 106 Å². The van der Waals surface area contributed by atoms with Crippen LogP contribution in [0.1, 0.15) is 355 Å². The van der Waals surface area contributed by atoms with Gasteiger partial charge in [-0.1, -0.05) is 324 Å². The predicted octanol–water partition coefficient (Wildman–Crippen LogP) is 24.2. The second-order valence-electron chi connectivity index (χ2n) is 23.4. The largest absolute Gasteiger partial charge is 0.462 e. The van der Waals surface area contributed by atoms with Crippen molar-refractivity contribution < 1.29 is 28.6 Å². The maximum Gasteiger partial charge on any atom is 0.306 e. The first-order valence-corrected chi connectivity index (χ1v) is 35.1. The Morgan fingerprint density at radius 2 is 0.481 bits per heavy atom. The highest BCUT2D eigenvalue weighted by atomic mass is 16.6. The van der Waals surface area contributed by atoms with Gasteiger partial charge in [0.2, 0.25) is 0 Å². The van der Waals surface area contributed by atoms with Crippen LogP contribution in [0.25, 0.3) is 0 Å². The molecule has 0 rings (SSSR count). The maximum absolute atomic E-state index is 13.0. The van der Waals surface area contributed by atoms with Crippen LogP contribution in [0.2, 0.25) is 0 Å². The van der Waals surface area contributed by atoms with Gasteiger partial charge in [-0.25, -0.2) is 0 Å². The van der Waals surface area contributed by atoms with E-state index in [4.69, 9.17) is 14.2 Å². The van der Waals surface area contributed by atoms with Crippen LogP contribution in [-0.2, 0) is 28.6 Å². The highest BCUT2D eigenvalue weighted by Gasteiger charge is 2.19. The van der Waals surface area contributed by atoms with Crippen molar-refractivity contribution >= 4 is 17.9 Å². The summed E-state index contributed by atoms with van der Waals surface area (Å²) in [6.45, 7) is 6.55. The lowest BCUT2D eigenvalue weighted by atomic mass is 10.0. The number of rotatable bonds is 64. The van der Waals surface area contributed by atoms with Crippen LogP contribution >= 0.6 is 0 Å². The molecule has 0 bridgehead atoms. The van der Waals surface area contributed by atoms with Gasteiger partial charge < -0.3 is 14.2 Å². The molecule has 0 fully saturated rings. The van der Waals surface area contributed by atoms with Crippen LogP contribution in [0.4, 0.5) is 0 Å². The molecule has 0 amide bonds. The van der Waals surface area contributed by atoms with E-state index in [9.17, 15) is 14.4 Å². The quantitative estimate of drug-likeness (QED) is 0.0261. The summed E-state index contributed by atoms with van der Waals surface area (Å²) in [5.41, 5.74) is 0. The monoisotopic (exact) mass is 1130 g/mol. The standard InChI is InChI=1S/C75H132O6/c1-4-7-10-13-16-19-22-25-28-31-34-36-37-39-41-44-47-50-53-56-59-62-65-68-74(77)80-71-72(70-79-73(76)67-64-61-58-55-52-49-46-43-40-33-30-27-24-21-18-15-12-9-6-3)81-75(78)69-66-63-60-57-54-51-48-45-42-38-35-32-29-26-23-20-17-14-11-8-5-2/h9,12,18,21-22,25,27,30-31,34,37,39-40,43,72H,4-8,10-11,13-17,19-20,23-24,26,28-29,32-33,35-36,38,41-42,44-71H2,1-3H3/b12-9-,21-18-,25-22-,30-27-,34-31-,39-37-,43-40-. The Bertz CT molecular complexity index is 1530. The van der Waals surface area contributed by atoms with E-state index >= 15 is 0 Å². The minimum absolute atomic E-state index is 0.0824. The van der Waals surface area contributed by atoms with Crippen molar-refractivity contribution in [1.82, 2.24) is 0 Å². The van der Waals surface area contributed by atoms with Gasteiger partial charge in [0, 0.05) is 19.3 Å². The number of carbonyl (C=O) groups is 3. The Hall–Kier alpha value is -3.41. The third-order valence-corrected chi connectivity index (χ3v) is 15.4. The SMILES string of the molecule is CC/C=C\C/C=C\C/C=C\C/C=C\CCCCCCCCC(=O)OCC(COC(=O)CCCCCCCCCC/C=C\C/C=C\C/C=C\CCCCCCC)OC(=O)CCCCCCCCCCCCCCCCCCCCCCC. The molecule has 6 nitrogen and oxygen atoms in total. The Labute approximate surface area is 503 Å². The number of unbranched alkanes of at least 4 members (excludes halogenated alkanes) is 39. The number of allylic oxidation sites excluding steroid dienone is 14. The predicted molar refractivity (Wildman–Crippen MR) is 353 cm³/mol. The minimum atomic E-state index is -0.787. The number of hydrogen-bond donors (Lipinski definition) is 0. The Morgan fingerprint density at radius 1 is 0.259 bits per heavy atom. The zero-order chi connectivity index (χ0) is 58.5. The molecule has 6 heteroatoms. The molecule has 1 unspecified atom stereocenters. The van der Waals surface area contributed by atoms with Crippen LogP contribution in [0.15, 0.2) is 85.1 Å². The van der Waals surface area contributed by atoms with Crippen LogP contribution in [-0.4, -0.2) is 37.2 Å². The van der Waals surface area contributed by atoms with Crippen molar-refractivity contribution in [1.29, 1.82) is 0 Å². The first-order valence-electron chi connectivity index (χ1n) is 35.1. The van der Waals surface area contributed by atoms with E-state index in [1.165, 1.54) is 205 Å². The molecule has 0 aliphatic carbocycles. The molecule has 0 aliphatic heterocycles. The maximum atomic E-state index is 13.0. The Kier molecular flexibility index (Phi) is 66.2. The summed E-state index contributed by atoms with van der Waals surface area (Å²) in [6.07, 6.45) is 91.7. The Balaban J connectivity index is 4.39. The van der Waals surface area contributed by atoms with E-state index in [1.807, 2.05) is 0 Å². The van der Waals surface area contributed by atoms with Gasteiger partial charge in [-0.2, -0.15) is 0 Å². The highest BCUT2D eigenvalue weighted by molar-refractivity contribution is 5.71. The van der Waals surface area contributed by atoms with E-state index < -0.39 is 6.10 Å². The normalized spacial score (nSPS) is 12.6. The molecule has 0 N–H and O–H groups in total. The first kappa shape index (κ1) is 77.6. The van der Waals surface area contributed by atoms with Crippen molar-refractivity contribution in [3.63, 3.8) is 0 Å². The lowest BCUT2D eigenvalue weighted by Crippen LogP contribution is -2.30. The van der Waals surface area contributed by atoms with Gasteiger partial charge in [0.15, 0.2) is 6.10 Å². The summed E-state index contributed by atoms with van der Waals surface area (Å²) in [6, 6.07) is 0. The Morgan fingerprint density at radius 3 is 0.753 bits per heavy atom. The van der Waals surface area contributed by atoms with Gasteiger partial charge in [-0.05, 0) is 96.3 Å². The van der Waals surface area contributed by atoms with Crippen molar-refractivity contribution in [2.45, 2.75) is 361 Å². The number of ether oxygens (including phenoxy) is 3. The molecular formula is C75H132O6. The first-order chi connectivity index (χ1) is 40.0. The van der Waals surface area contributed by atoms with Gasteiger partial charge in [0.05, 0.1) is 0 Å². The molecule has 0 aliphatic rings. The highest BCUT2D eigenvalue weighted by Crippen LogP contribution is 2.18. The smallest absolute Gasteiger partial charge is 0.306 e. The fraction of sp³-hybridized carbons (Fsp3) is 0.773. The summed E-state index contributed by atoms with van der Waals surface area (Å²) < 4.78 is 17.0. The molecule has 0 heterocycles. The van der Waals surface area contributed by atoms with Gasteiger partial charge in [0.25, 0.3) is 0 Å². The molecule has 0 aromatic heterocycles. The molecule has 81 heavy (non-hydrogen) atoms. The van der Waals surface area contributed by atoms with Gasteiger partial charge >= 0.3 is 17.9 Å². The molecule has 0 radical (unpaired) electrons. The van der Waals surface area contributed by atoms with Crippen LogP contribution in [0.3, 0.4) is 0 Å². The molecule has 468 valence electrons. The molecule has 0 spiro atoms. The van der Waals surface area contributed by atoms with E-state index in [0.717, 1.165) is 109 Å². The summed E-state index contributed by atoms with van der Waals surface area (Å²) in [7, 11) is 0. The average molecular weight is 1130 g/mol. The van der Waals surface area contributed by atoms with Gasteiger partial charge in [0.1, 0.15) is 13.2 Å². The van der Waals surface area contributed by atoms with E-state index in [-0.39, 0.29) is 31.1 Å². The second kappa shape index (κ2) is 69.1.